The zero-order valence-electron chi connectivity index (χ0n) is 11.8. The van der Waals surface area contributed by atoms with Crippen molar-refractivity contribution < 1.29 is 19.1 Å². The summed E-state index contributed by atoms with van der Waals surface area (Å²) in [5.74, 6) is -0.706. The Morgan fingerprint density at radius 1 is 1.17 bits per heavy atom. The van der Waals surface area contributed by atoms with Crippen LogP contribution in [0.25, 0.3) is 0 Å². The van der Waals surface area contributed by atoms with E-state index in [1.54, 1.807) is 0 Å². The summed E-state index contributed by atoms with van der Waals surface area (Å²) < 4.78 is 10.1. The van der Waals surface area contributed by atoms with E-state index in [-0.39, 0.29) is 37.5 Å². The van der Waals surface area contributed by atoms with Crippen LogP contribution in [0.5, 0.6) is 0 Å². The molecular weight excluding hydrogens is 232 g/mol. The fraction of sp³-hybridized carbons (Fsp3) is 0.714. The molecule has 0 aromatic carbocycles. The third-order valence-corrected chi connectivity index (χ3v) is 2.30. The van der Waals surface area contributed by atoms with Crippen molar-refractivity contribution in [3.63, 3.8) is 0 Å². The van der Waals surface area contributed by atoms with Gasteiger partial charge < -0.3 is 9.47 Å². The maximum Gasteiger partial charge on any atom is 0.306 e. The molecule has 0 aliphatic heterocycles. The van der Waals surface area contributed by atoms with Gasteiger partial charge in [0.1, 0.15) is 6.61 Å². The minimum Gasteiger partial charge on any atom is -0.463 e. The van der Waals surface area contributed by atoms with Gasteiger partial charge >= 0.3 is 11.9 Å². The Morgan fingerprint density at radius 3 is 2.33 bits per heavy atom. The average Bonchev–Trinajstić information content (AvgIpc) is 2.26. The lowest BCUT2D eigenvalue weighted by molar-refractivity contribution is -0.152. The van der Waals surface area contributed by atoms with Crippen LogP contribution in [0.1, 0.15) is 53.4 Å². The van der Waals surface area contributed by atoms with Crippen LogP contribution in [-0.2, 0) is 19.1 Å². The molecule has 0 aliphatic rings. The van der Waals surface area contributed by atoms with Gasteiger partial charge in [-0.25, -0.2) is 0 Å². The van der Waals surface area contributed by atoms with E-state index in [1.807, 2.05) is 33.8 Å². The Labute approximate surface area is 109 Å². The van der Waals surface area contributed by atoms with Crippen LogP contribution in [0.3, 0.4) is 0 Å². The van der Waals surface area contributed by atoms with Gasteiger partial charge in [0.15, 0.2) is 0 Å². The highest BCUT2D eigenvalue weighted by atomic mass is 16.5. The predicted octanol–water partition coefficient (Wildman–Crippen LogP) is 3.01. The van der Waals surface area contributed by atoms with Crippen molar-refractivity contribution in [3.8, 4) is 0 Å². The summed E-state index contributed by atoms with van der Waals surface area (Å²) >= 11 is 0. The Hall–Kier alpha value is -1.32. The number of esters is 2. The van der Waals surface area contributed by atoms with Crippen molar-refractivity contribution in [1.29, 1.82) is 0 Å². The molecule has 0 bridgehead atoms. The number of rotatable bonds is 8. The molecule has 1 atom stereocenters. The molecule has 0 aromatic heterocycles. The lowest BCUT2D eigenvalue weighted by atomic mass is 10.2. The van der Waals surface area contributed by atoms with Crippen LogP contribution in [-0.4, -0.2) is 24.6 Å². The molecule has 0 aromatic rings. The van der Waals surface area contributed by atoms with E-state index < -0.39 is 0 Å². The van der Waals surface area contributed by atoms with Gasteiger partial charge in [-0.05, 0) is 33.3 Å². The molecule has 4 heteroatoms. The van der Waals surface area contributed by atoms with Crippen molar-refractivity contribution in [2.75, 3.05) is 6.61 Å². The second kappa shape index (κ2) is 9.68. The van der Waals surface area contributed by atoms with Crippen molar-refractivity contribution in [3.05, 3.63) is 11.6 Å². The Morgan fingerprint density at radius 2 is 1.78 bits per heavy atom. The topological polar surface area (TPSA) is 52.6 Å². The van der Waals surface area contributed by atoms with E-state index in [0.717, 1.165) is 18.4 Å². The second-order valence-electron chi connectivity index (χ2n) is 4.55. The number of carbonyl (C=O) groups excluding carboxylic acids is 2. The Bertz CT molecular complexity index is 290. The van der Waals surface area contributed by atoms with Gasteiger partial charge in [-0.15, -0.1) is 0 Å². The normalized spacial score (nSPS) is 11.6. The van der Waals surface area contributed by atoms with Crippen molar-refractivity contribution in [2.24, 2.45) is 0 Å². The zero-order valence-corrected chi connectivity index (χ0v) is 11.8. The van der Waals surface area contributed by atoms with Crippen molar-refractivity contribution in [2.45, 2.75) is 59.5 Å². The van der Waals surface area contributed by atoms with Crippen molar-refractivity contribution in [1.82, 2.24) is 0 Å². The maximum absolute atomic E-state index is 11.4. The highest BCUT2D eigenvalue weighted by molar-refractivity contribution is 5.77. The summed E-state index contributed by atoms with van der Waals surface area (Å²) in [6.07, 6.45) is 3.72. The predicted molar refractivity (Wildman–Crippen MR) is 70.1 cm³/mol. The average molecular weight is 256 g/mol. The summed E-state index contributed by atoms with van der Waals surface area (Å²) in [5.41, 5.74) is 1.09. The molecule has 4 nitrogen and oxygen atoms in total. The summed E-state index contributed by atoms with van der Waals surface area (Å²) in [4.78, 5) is 22.7. The summed E-state index contributed by atoms with van der Waals surface area (Å²) in [6.45, 7) is 8.02. The molecule has 0 saturated carbocycles. The molecule has 0 saturated heterocycles. The van der Waals surface area contributed by atoms with Gasteiger partial charge in [0.05, 0.1) is 18.9 Å². The summed E-state index contributed by atoms with van der Waals surface area (Å²) in [5, 5.41) is 0. The van der Waals surface area contributed by atoms with Gasteiger partial charge in [-0.2, -0.15) is 0 Å². The molecule has 0 spiro atoms. The van der Waals surface area contributed by atoms with E-state index in [2.05, 4.69) is 0 Å². The van der Waals surface area contributed by atoms with Crippen LogP contribution < -0.4 is 0 Å². The van der Waals surface area contributed by atoms with Crippen LogP contribution >= 0.6 is 0 Å². The first-order chi connectivity index (χ1) is 8.45. The number of hydrogen-bond acceptors (Lipinski definition) is 4. The van der Waals surface area contributed by atoms with Gasteiger partial charge in [0.2, 0.25) is 0 Å². The molecule has 1 unspecified atom stereocenters. The molecule has 0 aliphatic carbocycles. The van der Waals surface area contributed by atoms with E-state index in [9.17, 15) is 9.59 Å². The van der Waals surface area contributed by atoms with E-state index in [4.69, 9.17) is 9.47 Å². The molecule has 0 N–H and O–H groups in total. The number of carbonyl (C=O) groups is 2. The Balaban J connectivity index is 3.71. The number of hydrogen-bond donors (Lipinski definition) is 0. The van der Waals surface area contributed by atoms with Gasteiger partial charge in [0, 0.05) is 0 Å². The fourth-order valence-corrected chi connectivity index (χ4v) is 1.33. The second-order valence-corrected chi connectivity index (χ2v) is 4.55. The maximum atomic E-state index is 11.4. The first kappa shape index (κ1) is 16.7. The number of allylic oxidation sites excluding steroid dienone is 1. The monoisotopic (exact) mass is 256 g/mol. The first-order valence-corrected chi connectivity index (χ1v) is 6.44. The zero-order chi connectivity index (χ0) is 14.0. The smallest absolute Gasteiger partial charge is 0.306 e. The van der Waals surface area contributed by atoms with Crippen LogP contribution in [0.2, 0.25) is 0 Å². The molecule has 104 valence electrons. The number of ether oxygens (including phenoxy) is 2. The fourth-order valence-electron chi connectivity index (χ4n) is 1.33. The summed E-state index contributed by atoms with van der Waals surface area (Å²) in [7, 11) is 0. The van der Waals surface area contributed by atoms with Crippen LogP contribution in [0.4, 0.5) is 0 Å². The largest absolute Gasteiger partial charge is 0.463 e. The SMILES string of the molecule is CCCC(C)OC(=O)CCC(=O)OCC=C(C)C. The molecular formula is C14H24O4. The van der Waals surface area contributed by atoms with Crippen molar-refractivity contribution >= 4 is 11.9 Å². The summed E-state index contributed by atoms with van der Waals surface area (Å²) in [6, 6.07) is 0. The minimum absolute atomic E-state index is 0.0777. The highest BCUT2D eigenvalue weighted by Gasteiger charge is 2.11. The van der Waals surface area contributed by atoms with Crippen LogP contribution in [0, 0.1) is 0 Å². The molecule has 0 rings (SSSR count). The van der Waals surface area contributed by atoms with Gasteiger partial charge in [-0.1, -0.05) is 18.9 Å². The molecule has 0 radical (unpaired) electrons. The molecule has 0 heterocycles. The van der Waals surface area contributed by atoms with E-state index >= 15 is 0 Å². The van der Waals surface area contributed by atoms with Gasteiger partial charge in [-0.3, -0.25) is 9.59 Å². The van der Waals surface area contributed by atoms with Crippen LogP contribution in [0.15, 0.2) is 11.6 Å². The van der Waals surface area contributed by atoms with E-state index in [1.165, 1.54) is 0 Å². The highest BCUT2D eigenvalue weighted by Crippen LogP contribution is 2.04. The first-order valence-electron chi connectivity index (χ1n) is 6.44. The third-order valence-electron chi connectivity index (χ3n) is 2.30. The van der Waals surface area contributed by atoms with E-state index in [0.29, 0.717) is 0 Å². The quantitative estimate of drug-likeness (QED) is 0.495. The standard InChI is InChI=1S/C14H24O4/c1-5-6-12(4)18-14(16)8-7-13(15)17-10-9-11(2)3/h9,12H,5-8,10H2,1-4H3. The molecule has 18 heavy (non-hydrogen) atoms. The molecule has 0 amide bonds. The minimum atomic E-state index is -0.368. The lowest BCUT2D eigenvalue weighted by Crippen LogP contribution is -2.16. The third kappa shape index (κ3) is 9.87. The molecule has 0 fully saturated rings. The van der Waals surface area contributed by atoms with Gasteiger partial charge in [0.25, 0.3) is 0 Å². The lowest BCUT2D eigenvalue weighted by Gasteiger charge is -2.11. The Kier molecular flexibility index (Phi) is 8.97.